The predicted molar refractivity (Wildman–Crippen MR) is 90.0 cm³/mol. The van der Waals surface area contributed by atoms with E-state index < -0.39 is 5.60 Å². The lowest BCUT2D eigenvalue weighted by atomic mass is 9.95. The summed E-state index contributed by atoms with van der Waals surface area (Å²) in [4.78, 5) is 13.9. The maximum atomic E-state index is 12.1. The van der Waals surface area contributed by atoms with E-state index in [-0.39, 0.29) is 6.09 Å². The minimum atomic E-state index is -0.396. The number of likely N-dealkylation sites (tertiary alicyclic amines) is 1. The maximum Gasteiger partial charge on any atom is 0.410 e. The SMILES string of the molecule is CCC1CCCC1NCC1CCN(C(=O)OC(C)(C)C)CC1. The van der Waals surface area contributed by atoms with Crippen LogP contribution in [0, 0.1) is 11.8 Å². The Balaban J connectivity index is 1.68. The number of carbonyl (C=O) groups excluding carboxylic acids is 1. The molecule has 0 aromatic heterocycles. The summed E-state index contributed by atoms with van der Waals surface area (Å²) < 4.78 is 5.45. The van der Waals surface area contributed by atoms with Crippen LogP contribution in [0.15, 0.2) is 0 Å². The molecular formula is C18H34N2O2. The molecule has 0 aromatic rings. The highest BCUT2D eigenvalue weighted by Crippen LogP contribution is 2.28. The summed E-state index contributed by atoms with van der Waals surface area (Å²) in [5, 5.41) is 3.80. The summed E-state index contributed by atoms with van der Waals surface area (Å²) in [6, 6.07) is 0.730. The van der Waals surface area contributed by atoms with Crippen LogP contribution in [0.2, 0.25) is 0 Å². The fourth-order valence-corrected chi connectivity index (χ4v) is 3.76. The highest BCUT2D eigenvalue weighted by atomic mass is 16.6. The van der Waals surface area contributed by atoms with Crippen molar-refractivity contribution in [1.82, 2.24) is 10.2 Å². The van der Waals surface area contributed by atoms with E-state index in [2.05, 4.69) is 12.2 Å². The Morgan fingerprint density at radius 1 is 1.18 bits per heavy atom. The number of hydrogen-bond donors (Lipinski definition) is 1. The first kappa shape index (κ1) is 17.6. The smallest absolute Gasteiger partial charge is 0.410 e. The zero-order chi connectivity index (χ0) is 16.2. The molecule has 0 bridgehead atoms. The van der Waals surface area contributed by atoms with E-state index in [1.165, 1.54) is 25.7 Å². The van der Waals surface area contributed by atoms with Crippen molar-refractivity contribution in [2.75, 3.05) is 19.6 Å². The van der Waals surface area contributed by atoms with Gasteiger partial charge in [0.1, 0.15) is 5.60 Å². The van der Waals surface area contributed by atoms with Gasteiger partial charge in [-0.05, 0) is 64.8 Å². The molecule has 0 radical (unpaired) electrons. The average Bonchev–Trinajstić information content (AvgIpc) is 2.91. The Hall–Kier alpha value is -0.770. The summed E-state index contributed by atoms with van der Waals surface area (Å²) >= 11 is 0. The number of amides is 1. The second-order valence-electron chi connectivity index (χ2n) is 8.02. The lowest BCUT2D eigenvalue weighted by Crippen LogP contribution is -2.44. The molecule has 1 N–H and O–H groups in total. The normalized spacial score (nSPS) is 27.2. The monoisotopic (exact) mass is 310 g/mol. The van der Waals surface area contributed by atoms with Crippen molar-refractivity contribution < 1.29 is 9.53 Å². The molecule has 2 aliphatic rings. The molecule has 2 fully saturated rings. The van der Waals surface area contributed by atoms with E-state index in [1.54, 1.807) is 0 Å². The predicted octanol–water partition coefficient (Wildman–Crippen LogP) is 3.80. The Bertz CT molecular complexity index is 357. The molecule has 1 saturated heterocycles. The number of piperidine rings is 1. The van der Waals surface area contributed by atoms with Crippen LogP contribution in [-0.4, -0.2) is 42.3 Å². The van der Waals surface area contributed by atoms with Crippen LogP contribution in [0.1, 0.15) is 66.2 Å². The Morgan fingerprint density at radius 3 is 2.45 bits per heavy atom. The van der Waals surface area contributed by atoms with Crippen molar-refractivity contribution in [3.8, 4) is 0 Å². The van der Waals surface area contributed by atoms with Crippen LogP contribution >= 0.6 is 0 Å². The van der Waals surface area contributed by atoms with Crippen molar-refractivity contribution in [2.45, 2.75) is 77.9 Å². The highest BCUT2D eigenvalue weighted by Gasteiger charge is 2.29. The largest absolute Gasteiger partial charge is 0.444 e. The van der Waals surface area contributed by atoms with Gasteiger partial charge in [0.05, 0.1) is 0 Å². The fraction of sp³-hybridized carbons (Fsp3) is 0.944. The molecular weight excluding hydrogens is 276 g/mol. The van der Waals surface area contributed by atoms with Crippen LogP contribution in [0.4, 0.5) is 4.79 Å². The van der Waals surface area contributed by atoms with Gasteiger partial charge in [-0.25, -0.2) is 4.79 Å². The second-order valence-corrected chi connectivity index (χ2v) is 8.02. The molecule has 1 heterocycles. The summed E-state index contributed by atoms with van der Waals surface area (Å²) in [6.45, 7) is 10.9. The topological polar surface area (TPSA) is 41.6 Å². The van der Waals surface area contributed by atoms with Gasteiger partial charge in [0.15, 0.2) is 0 Å². The van der Waals surface area contributed by atoms with E-state index in [9.17, 15) is 4.79 Å². The second kappa shape index (κ2) is 7.67. The molecule has 0 spiro atoms. The summed E-state index contributed by atoms with van der Waals surface area (Å²) in [5.74, 6) is 1.58. The van der Waals surface area contributed by atoms with Crippen LogP contribution < -0.4 is 5.32 Å². The first-order chi connectivity index (χ1) is 10.4. The van der Waals surface area contributed by atoms with Crippen molar-refractivity contribution in [1.29, 1.82) is 0 Å². The lowest BCUT2D eigenvalue weighted by molar-refractivity contribution is 0.0183. The highest BCUT2D eigenvalue weighted by molar-refractivity contribution is 5.68. The van der Waals surface area contributed by atoms with Crippen molar-refractivity contribution in [3.63, 3.8) is 0 Å². The van der Waals surface area contributed by atoms with Crippen molar-refractivity contribution in [2.24, 2.45) is 11.8 Å². The third-order valence-electron chi connectivity index (χ3n) is 5.12. The number of ether oxygens (including phenoxy) is 1. The van der Waals surface area contributed by atoms with Gasteiger partial charge in [0, 0.05) is 19.1 Å². The molecule has 2 atom stereocenters. The molecule has 4 nitrogen and oxygen atoms in total. The van der Waals surface area contributed by atoms with E-state index in [4.69, 9.17) is 4.74 Å². The molecule has 1 amide bonds. The molecule has 128 valence electrons. The van der Waals surface area contributed by atoms with Crippen LogP contribution in [-0.2, 0) is 4.74 Å². The number of nitrogens with zero attached hydrogens (tertiary/aromatic N) is 1. The molecule has 0 aromatic carbocycles. The van der Waals surface area contributed by atoms with Gasteiger partial charge < -0.3 is 15.0 Å². The standard InChI is InChI=1S/C18H34N2O2/c1-5-15-7-6-8-16(15)19-13-14-9-11-20(12-10-14)17(21)22-18(2,3)4/h14-16,19H,5-13H2,1-4H3. The van der Waals surface area contributed by atoms with E-state index in [0.717, 1.165) is 44.4 Å². The molecule has 4 heteroatoms. The third kappa shape index (κ3) is 5.15. The van der Waals surface area contributed by atoms with Gasteiger partial charge in [-0.1, -0.05) is 19.8 Å². The quantitative estimate of drug-likeness (QED) is 0.858. The zero-order valence-electron chi connectivity index (χ0n) is 14.9. The number of hydrogen-bond acceptors (Lipinski definition) is 3. The van der Waals surface area contributed by atoms with Gasteiger partial charge >= 0.3 is 6.09 Å². The number of nitrogens with one attached hydrogen (secondary N) is 1. The van der Waals surface area contributed by atoms with Gasteiger partial charge in [0.2, 0.25) is 0 Å². The summed E-state index contributed by atoms with van der Waals surface area (Å²) in [5.41, 5.74) is -0.396. The van der Waals surface area contributed by atoms with Crippen LogP contribution in [0.5, 0.6) is 0 Å². The molecule has 1 aliphatic carbocycles. The van der Waals surface area contributed by atoms with E-state index in [1.807, 2.05) is 25.7 Å². The maximum absolute atomic E-state index is 12.1. The van der Waals surface area contributed by atoms with Gasteiger partial charge in [-0.3, -0.25) is 0 Å². The van der Waals surface area contributed by atoms with Crippen LogP contribution in [0.3, 0.4) is 0 Å². The Labute approximate surface area is 136 Å². The molecule has 22 heavy (non-hydrogen) atoms. The Morgan fingerprint density at radius 2 is 1.86 bits per heavy atom. The summed E-state index contributed by atoms with van der Waals surface area (Å²) in [6.07, 6.45) is 7.45. The first-order valence-corrected chi connectivity index (χ1v) is 9.10. The molecule has 1 saturated carbocycles. The van der Waals surface area contributed by atoms with E-state index >= 15 is 0 Å². The number of rotatable bonds is 4. The minimum absolute atomic E-state index is 0.152. The molecule has 2 rings (SSSR count). The first-order valence-electron chi connectivity index (χ1n) is 9.10. The van der Waals surface area contributed by atoms with Crippen molar-refractivity contribution in [3.05, 3.63) is 0 Å². The van der Waals surface area contributed by atoms with Gasteiger partial charge in [0.25, 0.3) is 0 Å². The minimum Gasteiger partial charge on any atom is -0.444 e. The fourth-order valence-electron chi connectivity index (χ4n) is 3.76. The van der Waals surface area contributed by atoms with Crippen LogP contribution in [0.25, 0.3) is 0 Å². The lowest BCUT2D eigenvalue weighted by Gasteiger charge is -2.34. The number of carbonyl (C=O) groups is 1. The van der Waals surface area contributed by atoms with E-state index in [0.29, 0.717) is 5.92 Å². The Kier molecular flexibility index (Phi) is 6.13. The van der Waals surface area contributed by atoms with Crippen molar-refractivity contribution >= 4 is 6.09 Å². The molecule has 1 aliphatic heterocycles. The molecule has 2 unspecified atom stereocenters. The van der Waals surface area contributed by atoms with Gasteiger partial charge in [-0.2, -0.15) is 0 Å². The zero-order valence-corrected chi connectivity index (χ0v) is 14.9. The third-order valence-corrected chi connectivity index (χ3v) is 5.12. The van der Waals surface area contributed by atoms with Gasteiger partial charge in [-0.15, -0.1) is 0 Å². The average molecular weight is 310 g/mol. The summed E-state index contributed by atoms with van der Waals surface area (Å²) in [7, 11) is 0.